The summed E-state index contributed by atoms with van der Waals surface area (Å²) in [4.78, 5) is 2.36. The Kier molecular flexibility index (Phi) is 7.65. The van der Waals surface area contributed by atoms with E-state index in [4.69, 9.17) is 0 Å². The summed E-state index contributed by atoms with van der Waals surface area (Å²) in [5.74, 6) is 2.58. The van der Waals surface area contributed by atoms with Crippen molar-refractivity contribution in [2.24, 2.45) is 0 Å². The van der Waals surface area contributed by atoms with Gasteiger partial charge in [0.25, 0.3) is 0 Å². The maximum absolute atomic E-state index is 2.36. The lowest BCUT2D eigenvalue weighted by atomic mass is 10.4. The lowest BCUT2D eigenvalue weighted by Crippen LogP contribution is -2.19. The predicted molar refractivity (Wildman–Crippen MR) is 50.8 cm³/mol. The van der Waals surface area contributed by atoms with Crippen molar-refractivity contribution in [2.45, 2.75) is 20.3 Å². The second-order valence-corrected chi connectivity index (χ2v) is 3.84. The lowest BCUT2D eigenvalue weighted by Gasteiger charge is -2.12. The van der Waals surface area contributed by atoms with E-state index in [1.807, 2.05) is 11.8 Å². The van der Waals surface area contributed by atoms with Crippen molar-refractivity contribution in [3.05, 3.63) is 0 Å². The van der Waals surface area contributed by atoms with Gasteiger partial charge in [-0.15, -0.1) is 0 Å². The molecule has 0 radical (unpaired) electrons. The summed E-state index contributed by atoms with van der Waals surface area (Å²) >= 11 is 2.03. The van der Waals surface area contributed by atoms with Crippen LogP contribution < -0.4 is 0 Å². The molecule has 0 N–H and O–H groups in total. The van der Waals surface area contributed by atoms with Gasteiger partial charge in [-0.25, -0.2) is 0 Å². The third kappa shape index (κ3) is 6.43. The second kappa shape index (κ2) is 7.42. The van der Waals surface area contributed by atoms with Crippen LogP contribution in [0.5, 0.6) is 0 Å². The van der Waals surface area contributed by atoms with Gasteiger partial charge in [-0.2, -0.15) is 11.8 Å². The first-order valence-corrected chi connectivity index (χ1v) is 5.23. The van der Waals surface area contributed by atoms with Crippen LogP contribution in [-0.2, 0) is 0 Å². The fourth-order valence-corrected chi connectivity index (χ4v) is 1.36. The zero-order chi connectivity index (χ0) is 7.82. The molecule has 0 aromatic heterocycles. The van der Waals surface area contributed by atoms with Crippen LogP contribution in [0.3, 0.4) is 0 Å². The van der Waals surface area contributed by atoms with E-state index in [-0.39, 0.29) is 0 Å². The Morgan fingerprint density at radius 2 is 2.00 bits per heavy atom. The van der Waals surface area contributed by atoms with Gasteiger partial charge in [0, 0.05) is 0 Å². The van der Waals surface area contributed by atoms with E-state index in [0.717, 1.165) is 0 Å². The fraction of sp³-hybridized carbons (Fsp3) is 1.00. The summed E-state index contributed by atoms with van der Waals surface area (Å²) in [5, 5.41) is 0. The molecule has 0 unspecified atom stereocenters. The Bertz CT molecular complexity index is 66.3. The quantitative estimate of drug-likeness (QED) is 0.549. The highest BCUT2D eigenvalue weighted by atomic mass is 32.2. The molecule has 0 amide bonds. The molecule has 0 aromatic carbocycles. The molecule has 62 valence electrons. The highest BCUT2D eigenvalue weighted by Crippen LogP contribution is 2.00. The largest absolute Gasteiger partial charge is 0.307 e. The Hall–Kier alpha value is 0.310. The van der Waals surface area contributed by atoms with Gasteiger partial charge in [0.05, 0.1) is 0 Å². The number of hydrogen-bond donors (Lipinski definition) is 0. The minimum absolute atomic E-state index is 1.18. The van der Waals surface area contributed by atoms with Gasteiger partial charge in [0.1, 0.15) is 0 Å². The monoisotopic (exact) mass is 161 g/mol. The summed E-state index contributed by atoms with van der Waals surface area (Å²) in [6.07, 6.45) is 1.34. The van der Waals surface area contributed by atoms with E-state index in [9.17, 15) is 0 Å². The van der Waals surface area contributed by atoms with Crippen LogP contribution in [0, 0.1) is 0 Å². The average Bonchev–Trinajstić information content (AvgIpc) is 1.98. The van der Waals surface area contributed by atoms with Crippen molar-refractivity contribution in [3.63, 3.8) is 0 Å². The molecule has 0 aliphatic heterocycles. The standard InChI is InChI=1S/C8H19NS/c1-4-9(3)7-6-8-10-5-2/h4-8H2,1-3H3. The van der Waals surface area contributed by atoms with Gasteiger partial charge in [0.2, 0.25) is 0 Å². The summed E-state index contributed by atoms with van der Waals surface area (Å²) in [6.45, 7) is 6.85. The molecular weight excluding hydrogens is 142 g/mol. The Balaban J connectivity index is 2.89. The predicted octanol–water partition coefficient (Wildman–Crippen LogP) is 2.08. The third-order valence-electron chi connectivity index (χ3n) is 1.57. The molecule has 0 aliphatic carbocycles. The highest BCUT2D eigenvalue weighted by Gasteiger charge is 1.92. The molecule has 0 atom stereocenters. The number of rotatable bonds is 6. The molecule has 0 aromatic rings. The van der Waals surface area contributed by atoms with Gasteiger partial charge < -0.3 is 4.90 Å². The zero-order valence-electron chi connectivity index (χ0n) is 7.39. The van der Waals surface area contributed by atoms with E-state index in [0.29, 0.717) is 0 Å². The minimum atomic E-state index is 1.18. The van der Waals surface area contributed by atoms with Crippen molar-refractivity contribution in [3.8, 4) is 0 Å². The molecule has 0 fully saturated rings. The Morgan fingerprint density at radius 1 is 1.30 bits per heavy atom. The molecule has 0 rings (SSSR count). The molecule has 10 heavy (non-hydrogen) atoms. The summed E-state index contributed by atoms with van der Waals surface area (Å²) < 4.78 is 0. The average molecular weight is 161 g/mol. The lowest BCUT2D eigenvalue weighted by molar-refractivity contribution is 0.355. The first-order chi connectivity index (χ1) is 4.81. The van der Waals surface area contributed by atoms with Gasteiger partial charge >= 0.3 is 0 Å². The normalized spacial score (nSPS) is 10.8. The first-order valence-electron chi connectivity index (χ1n) is 4.07. The highest BCUT2D eigenvalue weighted by molar-refractivity contribution is 7.99. The van der Waals surface area contributed by atoms with Gasteiger partial charge in [0.15, 0.2) is 0 Å². The summed E-state index contributed by atoms with van der Waals surface area (Å²) in [7, 11) is 2.18. The molecule has 1 nitrogen and oxygen atoms in total. The van der Waals surface area contributed by atoms with Crippen molar-refractivity contribution >= 4 is 11.8 Å². The maximum atomic E-state index is 2.36. The zero-order valence-corrected chi connectivity index (χ0v) is 8.21. The number of thioether (sulfide) groups is 1. The SMILES string of the molecule is CCSCCCN(C)CC. The fourth-order valence-electron chi connectivity index (χ4n) is 0.739. The van der Waals surface area contributed by atoms with Crippen LogP contribution in [0.4, 0.5) is 0 Å². The van der Waals surface area contributed by atoms with E-state index >= 15 is 0 Å². The van der Waals surface area contributed by atoms with E-state index < -0.39 is 0 Å². The molecule has 0 aliphatic rings. The molecule has 0 spiro atoms. The van der Waals surface area contributed by atoms with Crippen molar-refractivity contribution in [1.29, 1.82) is 0 Å². The van der Waals surface area contributed by atoms with Gasteiger partial charge in [-0.05, 0) is 38.1 Å². The van der Waals surface area contributed by atoms with Crippen LogP contribution in [0.25, 0.3) is 0 Å². The Morgan fingerprint density at radius 3 is 2.50 bits per heavy atom. The maximum Gasteiger partial charge on any atom is -0.00140 e. The van der Waals surface area contributed by atoms with Gasteiger partial charge in [-0.3, -0.25) is 0 Å². The third-order valence-corrected chi connectivity index (χ3v) is 2.56. The van der Waals surface area contributed by atoms with Crippen LogP contribution in [0.2, 0.25) is 0 Å². The molecule has 0 bridgehead atoms. The van der Waals surface area contributed by atoms with Crippen LogP contribution in [-0.4, -0.2) is 36.5 Å². The molecule has 0 saturated carbocycles. The van der Waals surface area contributed by atoms with E-state index in [1.165, 1.54) is 31.0 Å². The van der Waals surface area contributed by atoms with Crippen LogP contribution in [0.15, 0.2) is 0 Å². The van der Waals surface area contributed by atoms with Crippen LogP contribution in [0.1, 0.15) is 20.3 Å². The summed E-state index contributed by atoms with van der Waals surface area (Å²) in [6, 6.07) is 0. The molecule has 0 heterocycles. The van der Waals surface area contributed by atoms with E-state index in [2.05, 4.69) is 25.8 Å². The number of hydrogen-bond acceptors (Lipinski definition) is 2. The molecule has 2 heteroatoms. The second-order valence-electron chi connectivity index (χ2n) is 2.45. The smallest absolute Gasteiger partial charge is 0.00140 e. The van der Waals surface area contributed by atoms with E-state index in [1.54, 1.807) is 0 Å². The van der Waals surface area contributed by atoms with Crippen LogP contribution >= 0.6 is 11.8 Å². The topological polar surface area (TPSA) is 3.24 Å². The minimum Gasteiger partial charge on any atom is -0.307 e. The summed E-state index contributed by atoms with van der Waals surface area (Å²) in [5.41, 5.74) is 0. The molecular formula is C8H19NS. The first kappa shape index (κ1) is 10.3. The number of nitrogens with zero attached hydrogens (tertiary/aromatic N) is 1. The van der Waals surface area contributed by atoms with Crippen molar-refractivity contribution in [1.82, 2.24) is 4.90 Å². The molecule has 0 saturated heterocycles. The van der Waals surface area contributed by atoms with Crippen molar-refractivity contribution in [2.75, 3.05) is 31.6 Å². The Labute approximate surface area is 69.2 Å². The van der Waals surface area contributed by atoms with Crippen molar-refractivity contribution < 1.29 is 0 Å². The van der Waals surface area contributed by atoms with Gasteiger partial charge in [-0.1, -0.05) is 13.8 Å².